The molecule has 0 bridgehead atoms. The lowest BCUT2D eigenvalue weighted by Crippen LogP contribution is -2.32. The molecule has 1 fully saturated rings. The summed E-state index contributed by atoms with van der Waals surface area (Å²) in [7, 11) is 0. The molecule has 1 saturated heterocycles. The Kier molecular flexibility index (Phi) is 4.88. The lowest BCUT2D eigenvalue weighted by atomic mass is 10.3. The van der Waals surface area contributed by atoms with Gasteiger partial charge in [-0.25, -0.2) is 14.4 Å². The molecule has 100 valence electrons. The Bertz CT molecular complexity index is 402. The third-order valence-electron chi connectivity index (χ3n) is 3.23. The maximum absolute atomic E-state index is 14.0. The number of hydrogen-bond donors (Lipinski definition) is 0. The SMILES string of the molecule is Cc1ncnc(N2CCCN(CCBr)CC2)c1F. The number of aryl methyl sites for hydroxylation is 1. The molecule has 0 radical (unpaired) electrons. The fourth-order valence-corrected chi connectivity index (χ4v) is 2.69. The molecular weight excluding hydrogens is 299 g/mol. The van der Waals surface area contributed by atoms with Gasteiger partial charge in [-0.05, 0) is 19.9 Å². The second-order valence-electron chi connectivity index (χ2n) is 4.47. The summed E-state index contributed by atoms with van der Waals surface area (Å²) in [4.78, 5) is 12.4. The van der Waals surface area contributed by atoms with Crippen LogP contribution in [0, 0.1) is 12.7 Å². The number of aromatic nitrogens is 2. The van der Waals surface area contributed by atoms with Crippen molar-refractivity contribution in [3.63, 3.8) is 0 Å². The van der Waals surface area contributed by atoms with Gasteiger partial charge in [0.1, 0.15) is 6.33 Å². The molecule has 18 heavy (non-hydrogen) atoms. The van der Waals surface area contributed by atoms with Crippen molar-refractivity contribution in [3.8, 4) is 0 Å². The van der Waals surface area contributed by atoms with Crippen LogP contribution in [0.1, 0.15) is 12.1 Å². The Morgan fingerprint density at radius 2 is 2.11 bits per heavy atom. The van der Waals surface area contributed by atoms with E-state index in [1.54, 1.807) is 6.92 Å². The first kappa shape index (κ1) is 13.7. The monoisotopic (exact) mass is 316 g/mol. The first-order valence-corrected chi connectivity index (χ1v) is 7.35. The van der Waals surface area contributed by atoms with E-state index in [-0.39, 0.29) is 5.82 Å². The van der Waals surface area contributed by atoms with Gasteiger partial charge in [0.25, 0.3) is 0 Å². The van der Waals surface area contributed by atoms with Gasteiger partial charge in [-0.1, -0.05) is 15.9 Å². The van der Waals surface area contributed by atoms with Gasteiger partial charge < -0.3 is 9.80 Å². The highest BCUT2D eigenvalue weighted by Crippen LogP contribution is 2.18. The van der Waals surface area contributed by atoms with E-state index in [1.165, 1.54) is 6.33 Å². The third kappa shape index (κ3) is 3.17. The van der Waals surface area contributed by atoms with E-state index in [2.05, 4.69) is 30.8 Å². The van der Waals surface area contributed by atoms with E-state index >= 15 is 0 Å². The second-order valence-corrected chi connectivity index (χ2v) is 5.26. The van der Waals surface area contributed by atoms with Gasteiger partial charge in [-0.2, -0.15) is 0 Å². The van der Waals surface area contributed by atoms with Gasteiger partial charge in [-0.15, -0.1) is 0 Å². The largest absolute Gasteiger partial charge is 0.353 e. The van der Waals surface area contributed by atoms with Crippen molar-refractivity contribution >= 4 is 21.7 Å². The summed E-state index contributed by atoms with van der Waals surface area (Å²) in [6.07, 6.45) is 2.48. The zero-order valence-corrected chi connectivity index (χ0v) is 12.2. The maximum atomic E-state index is 14.0. The molecule has 0 unspecified atom stereocenters. The van der Waals surface area contributed by atoms with Gasteiger partial charge in [0, 0.05) is 31.5 Å². The summed E-state index contributed by atoms with van der Waals surface area (Å²) >= 11 is 3.46. The molecule has 0 amide bonds. The number of anilines is 1. The van der Waals surface area contributed by atoms with Crippen LogP contribution < -0.4 is 4.90 Å². The predicted molar refractivity (Wildman–Crippen MR) is 73.8 cm³/mol. The van der Waals surface area contributed by atoms with Crippen molar-refractivity contribution in [1.82, 2.24) is 14.9 Å². The number of rotatable bonds is 3. The van der Waals surface area contributed by atoms with Gasteiger partial charge in [0.05, 0.1) is 5.69 Å². The van der Waals surface area contributed by atoms with Gasteiger partial charge >= 0.3 is 0 Å². The van der Waals surface area contributed by atoms with E-state index in [9.17, 15) is 4.39 Å². The lowest BCUT2D eigenvalue weighted by Gasteiger charge is -2.22. The van der Waals surface area contributed by atoms with Crippen LogP contribution in [-0.2, 0) is 0 Å². The van der Waals surface area contributed by atoms with E-state index in [0.717, 1.165) is 44.5 Å². The molecule has 0 aliphatic carbocycles. The van der Waals surface area contributed by atoms with Crippen LogP contribution in [-0.4, -0.2) is 52.9 Å². The number of alkyl halides is 1. The highest BCUT2D eigenvalue weighted by molar-refractivity contribution is 9.09. The van der Waals surface area contributed by atoms with Crippen molar-refractivity contribution in [2.75, 3.05) is 43.0 Å². The Morgan fingerprint density at radius 3 is 2.89 bits per heavy atom. The molecule has 0 aromatic carbocycles. The zero-order chi connectivity index (χ0) is 13.0. The van der Waals surface area contributed by atoms with Crippen molar-refractivity contribution < 1.29 is 4.39 Å². The lowest BCUT2D eigenvalue weighted by molar-refractivity contribution is 0.313. The molecule has 1 aliphatic heterocycles. The molecule has 2 rings (SSSR count). The quantitative estimate of drug-likeness (QED) is 0.796. The minimum atomic E-state index is -0.286. The average Bonchev–Trinajstić information content (AvgIpc) is 2.59. The second kappa shape index (κ2) is 6.43. The van der Waals surface area contributed by atoms with E-state index in [1.807, 2.05) is 4.90 Å². The summed E-state index contributed by atoms with van der Waals surface area (Å²) in [6, 6.07) is 0. The fourth-order valence-electron chi connectivity index (χ4n) is 2.19. The van der Waals surface area contributed by atoms with E-state index < -0.39 is 0 Å². The summed E-state index contributed by atoms with van der Waals surface area (Å²) in [6.45, 7) is 6.41. The smallest absolute Gasteiger partial charge is 0.186 e. The minimum Gasteiger partial charge on any atom is -0.353 e. The van der Waals surface area contributed by atoms with Crippen molar-refractivity contribution in [2.24, 2.45) is 0 Å². The highest BCUT2D eigenvalue weighted by atomic mass is 79.9. The van der Waals surface area contributed by atoms with Crippen LogP contribution in [0.4, 0.5) is 10.2 Å². The molecule has 0 N–H and O–H groups in total. The molecule has 0 atom stereocenters. The molecule has 0 spiro atoms. The van der Waals surface area contributed by atoms with Crippen LogP contribution in [0.3, 0.4) is 0 Å². The third-order valence-corrected chi connectivity index (χ3v) is 3.59. The van der Waals surface area contributed by atoms with Crippen LogP contribution in [0.2, 0.25) is 0 Å². The maximum Gasteiger partial charge on any atom is 0.186 e. The average molecular weight is 317 g/mol. The van der Waals surface area contributed by atoms with Crippen LogP contribution in [0.25, 0.3) is 0 Å². The zero-order valence-electron chi connectivity index (χ0n) is 10.6. The molecule has 2 heterocycles. The Balaban J connectivity index is 2.07. The number of halogens is 2. The highest BCUT2D eigenvalue weighted by Gasteiger charge is 2.19. The van der Waals surface area contributed by atoms with Gasteiger partial charge in [0.2, 0.25) is 0 Å². The van der Waals surface area contributed by atoms with Crippen LogP contribution in [0.5, 0.6) is 0 Å². The number of nitrogens with zero attached hydrogens (tertiary/aromatic N) is 4. The Hall–Kier alpha value is -0.750. The molecule has 1 aromatic heterocycles. The van der Waals surface area contributed by atoms with Crippen molar-refractivity contribution in [2.45, 2.75) is 13.3 Å². The Labute approximate surface area is 115 Å². The summed E-state index contributed by atoms with van der Waals surface area (Å²) in [5, 5.41) is 0.980. The predicted octanol–water partition coefficient (Wildman–Crippen LogP) is 1.83. The van der Waals surface area contributed by atoms with Gasteiger partial charge in [0.15, 0.2) is 11.6 Å². The normalized spacial score (nSPS) is 17.8. The van der Waals surface area contributed by atoms with Crippen molar-refractivity contribution in [3.05, 3.63) is 17.8 Å². The number of hydrogen-bond acceptors (Lipinski definition) is 4. The fraction of sp³-hybridized carbons (Fsp3) is 0.667. The Morgan fingerprint density at radius 1 is 1.28 bits per heavy atom. The van der Waals surface area contributed by atoms with E-state index in [0.29, 0.717) is 11.5 Å². The summed E-state index contributed by atoms with van der Waals surface area (Å²) < 4.78 is 14.0. The van der Waals surface area contributed by atoms with Gasteiger partial charge in [-0.3, -0.25) is 0 Å². The summed E-state index contributed by atoms with van der Waals surface area (Å²) in [5.41, 5.74) is 0.418. The molecule has 1 aromatic rings. The molecular formula is C12H18BrFN4. The summed E-state index contributed by atoms with van der Waals surface area (Å²) in [5.74, 6) is 0.162. The topological polar surface area (TPSA) is 32.3 Å². The van der Waals surface area contributed by atoms with Crippen LogP contribution in [0.15, 0.2) is 6.33 Å². The first-order chi connectivity index (χ1) is 8.72. The standard InChI is InChI=1S/C12H18BrFN4/c1-10-11(14)12(16-9-15-10)18-5-2-4-17(6-3-13)7-8-18/h9H,2-8H2,1H3. The van der Waals surface area contributed by atoms with E-state index in [4.69, 9.17) is 0 Å². The molecule has 4 nitrogen and oxygen atoms in total. The first-order valence-electron chi connectivity index (χ1n) is 6.22. The van der Waals surface area contributed by atoms with Crippen molar-refractivity contribution in [1.29, 1.82) is 0 Å². The molecule has 1 aliphatic rings. The molecule has 0 saturated carbocycles. The van der Waals surface area contributed by atoms with Crippen LogP contribution >= 0.6 is 15.9 Å². The minimum absolute atomic E-state index is 0.286. The molecule has 6 heteroatoms.